The van der Waals surface area contributed by atoms with Gasteiger partial charge in [0.25, 0.3) is 0 Å². The maximum atomic E-state index is 8.72. The van der Waals surface area contributed by atoms with Crippen molar-refractivity contribution in [2.24, 2.45) is 0 Å². The monoisotopic (exact) mass is 736 g/mol. The number of hydrogen-bond donors (Lipinski definition) is 2. The topological polar surface area (TPSA) is 114 Å². The summed E-state index contributed by atoms with van der Waals surface area (Å²) >= 11 is 0. The lowest BCUT2D eigenvalue weighted by Crippen LogP contribution is -2.52. The van der Waals surface area contributed by atoms with Crippen molar-refractivity contribution < 1.29 is 45.6 Å². The van der Waals surface area contributed by atoms with Gasteiger partial charge in [-0.25, -0.2) is 0 Å². The van der Waals surface area contributed by atoms with Crippen LogP contribution in [0.3, 0.4) is 0 Å². The third kappa shape index (κ3) is 34.2. The minimum Gasteiger partial charge on any atom is -0.440 e. The van der Waals surface area contributed by atoms with Crippen LogP contribution in [0, 0.1) is 0 Å². The lowest BCUT2D eigenvalue weighted by molar-refractivity contribution is 0.0426. The molecule has 268 valence electrons. The van der Waals surface area contributed by atoms with Crippen molar-refractivity contribution in [3.63, 3.8) is 0 Å². The van der Waals surface area contributed by atoms with Crippen molar-refractivity contribution >= 4 is 51.8 Å². The van der Waals surface area contributed by atoms with Crippen molar-refractivity contribution in [3.05, 3.63) is 0 Å². The number of hydrogen-bond acceptors (Lipinski definition) is 10. The van der Waals surface area contributed by atoms with Crippen LogP contribution >= 0.6 is 0 Å². The standard InChI is InChI=1S/C22H52O8Si3.C6H20O2Si3/c1-31(2,21-9-15-27-19-17-25-13-7-11-23)29-33(5,6)30-32(3,4)22-10-16-28-20-18-26-14-8-12-24;1-9(2)7-11(5,6)8-10(3)4/h23-24H,7-22H2,1-6H3;9-10H,1-6H3. The zero-order valence-corrected chi connectivity index (χ0v) is 36.9. The van der Waals surface area contributed by atoms with Gasteiger partial charge in [-0.1, -0.05) is 0 Å². The normalized spacial score (nSPS) is 13.1. The summed E-state index contributed by atoms with van der Waals surface area (Å²) in [6.07, 6.45) is 3.33. The molecule has 0 saturated carbocycles. The van der Waals surface area contributed by atoms with E-state index in [-0.39, 0.29) is 13.2 Å². The molecule has 0 aliphatic heterocycles. The molecule has 0 aliphatic rings. The second kappa shape index (κ2) is 26.8. The molecule has 0 aromatic carbocycles. The predicted molar refractivity (Wildman–Crippen MR) is 198 cm³/mol. The minimum absolute atomic E-state index is 0.168. The molecule has 0 heterocycles. The largest absolute Gasteiger partial charge is 0.440 e. The molecule has 0 radical (unpaired) electrons. The Morgan fingerprint density at radius 3 is 1.00 bits per heavy atom. The lowest BCUT2D eigenvalue weighted by Gasteiger charge is -2.38. The Kier molecular flexibility index (Phi) is 28.6. The number of aliphatic hydroxyl groups excluding tert-OH is 2. The molecule has 0 bridgehead atoms. The van der Waals surface area contributed by atoms with Crippen LogP contribution in [0.4, 0.5) is 0 Å². The third-order valence-corrected chi connectivity index (χ3v) is 25.6. The van der Waals surface area contributed by atoms with E-state index in [1.165, 1.54) is 0 Å². The van der Waals surface area contributed by atoms with Crippen LogP contribution in [0.25, 0.3) is 0 Å². The molecule has 0 aromatic rings. The van der Waals surface area contributed by atoms with E-state index in [0.717, 1.165) is 38.1 Å². The summed E-state index contributed by atoms with van der Waals surface area (Å²) in [5.74, 6) is 0. The quantitative estimate of drug-likeness (QED) is 0.0797. The van der Waals surface area contributed by atoms with Crippen LogP contribution < -0.4 is 0 Å². The highest BCUT2D eigenvalue weighted by Crippen LogP contribution is 2.26. The van der Waals surface area contributed by atoms with E-state index in [4.69, 9.17) is 45.6 Å². The molecule has 44 heavy (non-hydrogen) atoms. The van der Waals surface area contributed by atoms with Crippen LogP contribution in [-0.4, -0.2) is 128 Å². The van der Waals surface area contributed by atoms with E-state index in [1.807, 2.05) is 0 Å². The van der Waals surface area contributed by atoms with Crippen LogP contribution in [0.5, 0.6) is 0 Å². The van der Waals surface area contributed by atoms with Crippen molar-refractivity contribution in [3.8, 4) is 0 Å². The van der Waals surface area contributed by atoms with Gasteiger partial charge in [-0.05, 0) is 116 Å². The molecule has 0 atom stereocenters. The van der Waals surface area contributed by atoms with Crippen molar-refractivity contribution in [1.82, 2.24) is 0 Å². The molecule has 0 rings (SSSR count). The van der Waals surface area contributed by atoms with Gasteiger partial charge in [0.2, 0.25) is 0 Å². The Labute approximate surface area is 279 Å². The second-order valence-corrected chi connectivity index (χ2v) is 35.0. The summed E-state index contributed by atoms with van der Waals surface area (Å²) < 4.78 is 47.0. The number of aliphatic hydroxyl groups is 2. The van der Waals surface area contributed by atoms with E-state index in [9.17, 15) is 0 Å². The molecule has 0 aliphatic carbocycles. The molecule has 0 fully saturated rings. The molecule has 0 amide bonds. The van der Waals surface area contributed by atoms with E-state index >= 15 is 0 Å². The smallest absolute Gasteiger partial charge is 0.311 e. The summed E-state index contributed by atoms with van der Waals surface area (Å²) in [5, 5.41) is 17.4. The average Bonchev–Trinajstić information content (AvgIpc) is 2.84. The summed E-state index contributed by atoms with van der Waals surface area (Å²) in [4.78, 5) is 0. The maximum absolute atomic E-state index is 8.72. The van der Waals surface area contributed by atoms with Gasteiger partial charge in [-0.2, -0.15) is 0 Å². The highest BCUT2D eigenvalue weighted by molar-refractivity contribution is 6.87. The summed E-state index contributed by atoms with van der Waals surface area (Å²) in [6.45, 7) is 31.8. The summed E-state index contributed by atoms with van der Waals surface area (Å²) in [6, 6.07) is 2.10. The first-order valence-corrected chi connectivity index (χ1v) is 34.1. The zero-order valence-electron chi connectivity index (χ0n) is 30.6. The molecular formula is C28H72O10Si6. The van der Waals surface area contributed by atoms with Gasteiger partial charge in [-0.3, -0.25) is 0 Å². The van der Waals surface area contributed by atoms with Crippen LogP contribution in [0.2, 0.25) is 90.7 Å². The first kappa shape index (κ1) is 47.0. The highest BCUT2D eigenvalue weighted by atomic mass is 28.5. The number of rotatable bonds is 28. The van der Waals surface area contributed by atoms with Gasteiger partial charge in [0.1, 0.15) is 0 Å². The second-order valence-electron chi connectivity index (χ2n) is 13.7. The average molecular weight is 737 g/mol. The fourth-order valence-electron chi connectivity index (χ4n) is 4.79. The number of ether oxygens (including phenoxy) is 4. The Hall–Kier alpha value is 0.901. The van der Waals surface area contributed by atoms with Crippen LogP contribution in [0.1, 0.15) is 25.7 Å². The molecule has 2 N–H and O–H groups in total. The zero-order chi connectivity index (χ0) is 34.1. The Bertz CT molecular complexity index is 608. The van der Waals surface area contributed by atoms with Crippen molar-refractivity contribution in [2.75, 3.05) is 66.1 Å². The third-order valence-electron chi connectivity index (χ3n) is 5.86. The fraction of sp³-hybridized carbons (Fsp3) is 1.00. The molecule has 10 nitrogen and oxygen atoms in total. The first-order chi connectivity index (χ1) is 20.4. The molecule has 0 saturated heterocycles. The van der Waals surface area contributed by atoms with Gasteiger partial charge in [0.05, 0.1) is 26.4 Å². The molecule has 0 spiro atoms. The minimum atomic E-state index is -2.20. The van der Waals surface area contributed by atoms with Gasteiger partial charge < -0.3 is 45.6 Å². The molecular weight excluding hydrogens is 665 g/mol. The van der Waals surface area contributed by atoms with Gasteiger partial charge in [0.15, 0.2) is 34.7 Å². The van der Waals surface area contributed by atoms with Crippen LogP contribution in [-0.2, 0) is 35.4 Å². The predicted octanol–water partition coefficient (Wildman–Crippen LogP) is 5.43. The Morgan fingerprint density at radius 2 is 0.727 bits per heavy atom. The maximum Gasteiger partial charge on any atom is 0.311 e. The van der Waals surface area contributed by atoms with E-state index in [1.54, 1.807) is 0 Å². The lowest BCUT2D eigenvalue weighted by atomic mass is 10.5. The van der Waals surface area contributed by atoms with Crippen LogP contribution in [0.15, 0.2) is 0 Å². The van der Waals surface area contributed by atoms with E-state index in [2.05, 4.69) is 78.6 Å². The summed E-state index contributed by atoms with van der Waals surface area (Å²) in [7, 11) is -9.34. The van der Waals surface area contributed by atoms with Crippen molar-refractivity contribution in [1.29, 1.82) is 0 Å². The van der Waals surface area contributed by atoms with Gasteiger partial charge >= 0.3 is 17.1 Å². The Balaban J connectivity index is 0. The van der Waals surface area contributed by atoms with Crippen molar-refractivity contribution in [2.45, 2.75) is 116 Å². The van der Waals surface area contributed by atoms with Gasteiger partial charge in [-0.15, -0.1) is 0 Å². The molecule has 16 heteroatoms. The fourth-order valence-corrected chi connectivity index (χ4v) is 28.6. The van der Waals surface area contributed by atoms with Gasteiger partial charge in [0, 0.05) is 39.6 Å². The van der Waals surface area contributed by atoms with E-state index < -0.39 is 51.8 Å². The van der Waals surface area contributed by atoms with E-state index in [0.29, 0.717) is 52.5 Å². The summed E-state index contributed by atoms with van der Waals surface area (Å²) in [5.41, 5.74) is 0. The molecule has 0 aromatic heterocycles. The Morgan fingerprint density at radius 1 is 0.432 bits per heavy atom. The highest BCUT2D eigenvalue weighted by Gasteiger charge is 2.39. The molecule has 0 unspecified atom stereocenters. The first-order valence-electron chi connectivity index (χ1n) is 16.7. The SMILES string of the molecule is C[SiH](C)O[Si](C)(C)O[SiH](C)C.C[Si](C)(CCCOCCOCCCO)O[Si](C)(C)O[Si](C)(C)CCCOCCOCCCO.